The van der Waals surface area contributed by atoms with Crippen molar-refractivity contribution >= 4 is 28.7 Å². The van der Waals surface area contributed by atoms with Crippen LogP contribution in [0.1, 0.15) is 11.1 Å². The molecule has 7 heteroatoms. The van der Waals surface area contributed by atoms with Gasteiger partial charge in [0.05, 0.1) is 16.2 Å². The van der Waals surface area contributed by atoms with Gasteiger partial charge < -0.3 is 5.32 Å². The number of halogens is 1. The first-order chi connectivity index (χ1) is 10.0. The van der Waals surface area contributed by atoms with Gasteiger partial charge in [0, 0.05) is 16.8 Å². The number of nitro groups is 1. The number of rotatable bonds is 3. The lowest BCUT2D eigenvalue weighted by Gasteiger charge is -2.09. The van der Waals surface area contributed by atoms with Gasteiger partial charge >= 0.3 is 0 Å². The van der Waals surface area contributed by atoms with Crippen molar-refractivity contribution in [2.45, 2.75) is 0 Å². The van der Waals surface area contributed by atoms with Crippen LogP contribution in [-0.2, 0) is 0 Å². The van der Waals surface area contributed by atoms with Gasteiger partial charge in [-0.1, -0.05) is 11.6 Å². The number of nitriles is 2. The molecule has 0 aliphatic heterocycles. The van der Waals surface area contributed by atoms with Crippen LogP contribution in [0, 0.1) is 32.8 Å². The highest BCUT2D eigenvalue weighted by molar-refractivity contribution is 6.30. The zero-order valence-electron chi connectivity index (χ0n) is 10.5. The minimum Gasteiger partial charge on any atom is -0.354 e. The van der Waals surface area contributed by atoms with Gasteiger partial charge in [0.2, 0.25) is 0 Å². The highest BCUT2D eigenvalue weighted by Gasteiger charge is 2.14. The Morgan fingerprint density at radius 1 is 1.10 bits per heavy atom. The third kappa shape index (κ3) is 3.08. The average Bonchev–Trinajstić information content (AvgIpc) is 2.47. The molecule has 2 aromatic rings. The Balaban J connectivity index is 2.42. The lowest BCUT2D eigenvalue weighted by molar-refractivity contribution is -0.385. The molecule has 0 unspecified atom stereocenters. The van der Waals surface area contributed by atoms with Gasteiger partial charge in [0.15, 0.2) is 0 Å². The second-order valence-corrected chi connectivity index (χ2v) is 4.46. The fourth-order valence-electron chi connectivity index (χ4n) is 1.74. The number of nitrogens with one attached hydrogen (secondary N) is 1. The standard InChI is InChI=1S/C14H7ClN4O2/c15-11-2-1-9(7-16)13(6-11)18-12-3-4-14(19(20)21)10(5-12)8-17/h1-6,18H. The molecule has 2 aromatic carbocycles. The molecule has 0 heterocycles. The van der Waals surface area contributed by atoms with Crippen molar-refractivity contribution in [3.05, 3.63) is 62.7 Å². The van der Waals surface area contributed by atoms with Crippen molar-refractivity contribution in [1.29, 1.82) is 10.5 Å². The van der Waals surface area contributed by atoms with Gasteiger partial charge in [-0.25, -0.2) is 0 Å². The first-order valence-electron chi connectivity index (χ1n) is 5.70. The summed E-state index contributed by atoms with van der Waals surface area (Å²) < 4.78 is 0. The van der Waals surface area contributed by atoms with Crippen molar-refractivity contribution in [1.82, 2.24) is 0 Å². The molecule has 0 atom stereocenters. The summed E-state index contributed by atoms with van der Waals surface area (Å²) in [5, 5.41) is 32.1. The van der Waals surface area contributed by atoms with E-state index in [9.17, 15) is 10.1 Å². The summed E-state index contributed by atoms with van der Waals surface area (Å²) in [5.74, 6) is 0. The molecule has 6 nitrogen and oxygen atoms in total. The van der Waals surface area contributed by atoms with Gasteiger partial charge in [-0.15, -0.1) is 0 Å². The minimum atomic E-state index is -0.623. The molecule has 0 aromatic heterocycles. The van der Waals surface area contributed by atoms with E-state index >= 15 is 0 Å². The largest absolute Gasteiger partial charge is 0.354 e. The van der Waals surface area contributed by atoms with Crippen molar-refractivity contribution in [2.75, 3.05) is 5.32 Å². The fraction of sp³-hybridized carbons (Fsp3) is 0. The van der Waals surface area contributed by atoms with E-state index in [4.69, 9.17) is 22.1 Å². The van der Waals surface area contributed by atoms with Crippen LogP contribution in [0.15, 0.2) is 36.4 Å². The molecular weight excluding hydrogens is 292 g/mol. The zero-order chi connectivity index (χ0) is 15.4. The number of hydrogen-bond acceptors (Lipinski definition) is 5. The van der Waals surface area contributed by atoms with Crippen LogP contribution in [0.2, 0.25) is 5.02 Å². The molecule has 0 amide bonds. The Hall–Kier alpha value is -3.09. The lowest BCUT2D eigenvalue weighted by atomic mass is 10.1. The lowest BCUT2D eigenvalue weighted by Crippen LogP contribution is -1.97. The average molecular weight is 299 g/mol. The topological polar surface area (TPSA) is 103 Å². The number of hydrogen-bond donors (Lipinski definition) is 1. The Morgan fingerprint density at radius 2 is 1.81 bits per heavy atom. The molecule has 0 spiro atoms. The summed E-state index contributed by atoms with van der Waals surface area (Å²) in [6, 6.07) is 12.5. The van der Waals surface area contributed by atoms with Crippen LogP contribution in [0.4, 0.5) is 17.1 Å². The predicted octanol–water partition coefficient (Wildman–Crippen LogP) is 3.74. The van der Waals surface area contributed by atoms with Crippen LogP contribution in [0.25, 0.3) is 0 Å². The highest BCUT2D eigenvalue weighted by atomic mass is 35.5. The number of benzene rings is 2. The van der Waals surface area contributed by atoms with E-state index in [2.05, 4.69) is 5.32 Å². The molecule has 0 fully saturated rings. The Kier molecular flexibility index (Phi) is 4.03. The maximum absolute atomic E-state index is 10.8. The maximum Gasteiger partial charge on any atom is 0.287 e. The van der Waals surface area contributed by atoms with Crippen LogP contribution in [0.5, 0.6) is 0 Å². The zero-order valence-corrected chi connectivity index (χ0v) is 11.3. The first kappa shape index (κ1) is 14.3. The summed E-state index contributed by atoms with van der Waals surface area (Å²) in [7, 11) is 0. The normalized spacial score (nSPS) is 9.48. The molecule has 102 valence electrons. The smallest absolute Gasteiger partial charge is 0.287 e. The van der Waals surface area contributed by atoms with E-state index in [-0.39, 0.29) is 11.3 Å². The first-order valence-corrected chi connectivity index (χ1v) is 6.08. The third-order valence-electron chi connectivity index (χ3n) is 2.69. The van der Waals surface area contributed by atoms with E-state index in [1.165, 1.54) is 18.2 Å². The number of anilines is 2. The predicted molar refractivity (Wildman–Crippen MR) is 77.3 cm³/mol. The summed E-state index contributed by atoms with van der Waals surface area (Å²) in [5.41, 5.74) is 0.954. The number of nitrogens with zero attached hydrogens (tertiary/aromatic N) is 3. The van der Waals surface area contributed by atoms with Crippen molar-refractivity contribution in [2.24, 2.45) is 0 Å². The van der Waals surface area contributed by atoms with Gasteiger partial charge in [-0.2, -0.15) is 10.5 Å². The van der Waals surface area contributed by atoms with Crippen LogP contribution in [0.3, 0.4) is 0 Å². The Bertz CT molecular complexity index is 806. The van der Waals surface area contributed by atoms with E-state index < -0.39 is 4.92 Å². The van der Waals surface area contributed by atoms with Gasteiger partial charge in [0.1, 0.15) is 17.7 Å². The SMILES string of the molecule is N#Cc1ccc(Cl)cc1Nc1ccc([N+](=O)[O-])c(C#N)c1. The van der Waals surface area contributed by atoms with E-state index in [0.29, 0.717) is 22.0 Å². The van der Waals surface area contributed by atoms with Gasteiger partial charge in [0.25, 0.3) is 5.69 Å². The van der Waals surface area contributed by atoms with Crippen molar-refractivity contribution in [3.63, 3.8) is 0 Å². The van der Waals surface area contributed by atoms with Crippen molar-refractivity contribution < 1.29 is 4.92 Å². The second kappa shape index (κ2) is 5.91. The molecule has 0 saturated heterocycles. The van der Waals surface area contributed by atoms with E-state index in [1.807, 2.05) is 6.07 Å². The van der Waals surface area contributed by atoms with E-state index in [1.54, 1.807) is 24.3 Å². The van der Waals surface area contributed by atoms with Crippen LogP contribution in [-0.4, -0.2) is 4.92 Å². The molecule has 0 bridgehead atoms. The van der Waals surface area contributed by atoms with Crippen molar-refractivity contribution in [3.8, 4) is 12.1 Å². The highest BCUT2D eigenvalue weighted by Crippen LogP contribution is 2.27. The van der Waals surface area contributed by atoms with Gasteiger partial charge in [-0.3, -0.25) is 10.1 Å². The van der Waals surface area contributed by atoms with E-state index in [0.717, 1.165) is 0 Å². The summed E-state index contributed by atoms with van der Waals surface area (Å²) in [6.07, 6.45) is 0. The molecule has 0 aliphatic carbocycles. The fourth-order valence-corrected chi connectivity index (χ4v) is 1.91. The summed E-state index contributed by atoms with van der Waals surface area (Å²) >= 11 is 5.87. The molecule has 0 aliphatic rings. The molecular formula is C14H7ClN4O2. The molecule has 21 heavy (non-hydrogen) atoms. The molecule has 0 radical (unpaired) electrons. The number of nitro benzene ring substituents is 1. The van der Waals surface area contributed by atoms with Gasteiger partial charge in [-0.05, 0) is 30.3 Å². The van der Waals surface area contributed by atoms with Crippen LogP contribution < -0.4 is 5.32 Å². The second-order valence-electron chi connectivity index (χ2n) is 4.03. The Morgan fingerprint density at radius 3 is 2.43 bits per heavy atom. The minimum absolute atomic E-state index is 0.0643. The quantitative estimate of drug-likeness (QED) is 0.687. The Labute approximate surface area is 125 Å². The molecule has 1 N–H and O–H groups in total. The summed E-state index contributed by atoms with van der Waals surface area (Å²) in [6.45, 7) is 0. The molecule has 2 rings (SSSR count). The summed E-state index contributed by atoms with van der Waals surface area (Å²) in [4.78, 5) is 10.1. The monoisotopic (exact) mass is 298 g/mol. The maximum atomic E-state index is 10.8. The third-order valence-corrected chi connectivity index (χ3v) is 2.93. The van der Waals surface area contributed by atoms with Crippen LogP contribution >= 0.6 is 11.6 Å². The molecule has 0 saturated carbocycles.